The molecule has 0 aliphatic carbocycles. The van der Waals surface area contributed by atoms with Crippen molar-refractivity contribution < 1.29 is 24.4 Å². The number of benzene rings is 2. The number of amides is 1. The van der Waals surface area contributed by atoms with Gasteiger partial charge in [0.25, 0.3) is 0 Å². The third kappa shape index (κ3) is 6.64. The third-order valence-corrected chi connectivity index (χ3v) is 6.33. The van der Waals surface area contributed by atoms with Crippen LogP contribution >= 0.6 is 0 Å². The predicted molar refractivity (Wildman–Crippen MR) is 140 cm³/mol. The zero-order chi connectivity index (χ0) is 25.7. The lowest BCUT2D eigenvalue weighted by Gasteiger charge is -2.24. The Hall–Kier alpha value is -2.84. The molecule has 188 valence electrons. The number of aromatic nitrogens is 1. The zero-order valence-electron chi connectivity index (χ0n) is 21.3. The summed E-state index contributed by atoms with van der Waals surface area (Å²) in [5.74, 6) is -0.574. The molecule has 0 unspecified atom stereocenters. The van der Waals surface area contributed by atoms with E-state index in [1.807, 2.05) is 74.7 Å². The standard InChI is InChI=1S/C27H37BN2O5/c1-17(2)12-19(27(32)29-26(28(33)34)13-18(3)4)14-20(31)16-30-24-9-7-6-8-22(24)23-11-10-21(35-5)15-25(23)30/h6-11,15,17-19,26,33-34H,12-14,16H2,1-5H3,(H,29,32)/t19-,26+/m1/s1. The monoisotopic (exact) mass is 480 g/mol. The molecule has 1 amide bonds. The number of Topliss-reactive ketones (excluding diaryl/α,β-unsaturated/α-hetero) is 1. The normalized spacial score (nSPS) is 13.4. The Morgan fingerprint density at radius 1 is 0.971 bits per heavy atom. The van der Waals surface area contributed by atoms with Gasteiger partial charge in [-0.15, -0.1) is 0 Å². The van der Waals surface area contributed by atoms with Gasteiger partial charge in [0, 0.05) is 34.7 Å². The molecule has 0 bridgehead atoms. The van der Waals surface area contributed by atoms with E-state index >= 15 is 0 Å². The smallest absolute Gasteiger partial charge is 0.475 e. The number of methoxy groups -OCH3 is 1. The first-order valence-electron chi connectivity index (χ1n) is 12.3. The average molecular weight is 480 g/mol. The van der Waals surface area contributed by atoms with Crippen molar-refractivity contribution in [3.8, 4) is 5.75 Å². The molecule has 0 saturated heterocycles. The average Bonchev–Trinajstić information content (AvgIpc) is 3.10. The summed E-state index contributed by atoms with van der Waals surface area (Å²) in [6.07, 6.45) is 1.06. The third-order valence-electron chi connectivity index (χ3n) is 6.33. The Kier molecular flexibility index (Phi) is 8.97. The molecular formula is C27H37BN2O5. The van der Waals surface area contributed by atoms with Crippen LogP contribution < -0.4 is 10.1 Å². The van der Waals surface area contributed by atoms with Crippen LogP contribution in [0.3, 0.4) is 0 Å². The Labute approximate surface area is 207 Å². The molecular weight excluding hydrogens is 443 g/mol. The van der Waals surface area contributed by atoms with Gasteiger partial charge in [-0.1, -0.05) is 45.9 Å². The molecule has 0 aliphatic rings. The van der Waals surface area contributed by atoms with Crippen molar-refractivity contribution in [1.82, 2.24) is 9.88 Å². The maximum absolute atomic E-state index is 13.3. The molecule has 7 nitrogen and oxygen atoms in total. The fraction of sp³-hybridized carbons (Fsp3) is 0.481. The topological polar surface area (TPSA) is 101 Å². The summed E-state index contributed by atoms with van der Waals surface area (Å²) in [4.78, 5) is 26.4. The van der Waals surface area contributed by atoms with E-state index in [9.17, 15) is 19.6 Å². The molecule has 0 radical (unpaired) electrons. The summed E-state index contributed by atoms with van der Waals surface area (Å²) < 4.78 is 7.39. The van der Waals surface area contributed by atoms with Gasteiger partial charge in [0.15, 0.2) is 5.78 Å². The highest BCUT2D eigenvalue weighted by molar-refractivity contribution is 6.43. The highest BCUT2D eigenvalue weighted by Gasteiger charge is 2.30. The van der Waals surface area contributed by atoms with E-state index in [1.165, 1.54) is 0 Å². The molecule has 1 heterocycles. The first kappa shape index (κ1) is 26.8. The minimum absolute atomic E-state index is 0.0544. The number of ketones is 1. The molecule has 0 fully saturated rings. The summed E-state index contributed by atoms with van der Waals surface area (Å²) in [6.45, 7) is 8.07. The number of rotatable bonds is 12. The van der Waals surface area contributed by atoms with Crippen LogP contribution in [0, 0.1) is 17.8 Å². The number of hydrogen-bond donors (Lipinski definition) is 3. The quantitative estimate of drug-likeness (QED) is 0.341. The van der Waals surface area contributed by atoms with Crippen molar-refractivity contribution in [2.45, 2.75) is 59.4 Å². The highest BCUT2D eigenvalue weighted by atomic mass is 16.5. The highest BCUT2D eigenvalue weighted by Crippen LogP contribution is 2.32. The first-order chi connectivity index (χ1) is 16.6. The van der Waals surface area contributed by atoms with Gasteiger partial charge in [-0.2, -0.15) is 0 Å². The Bertz CT molecular complexity index is 1170. The van der Waals surface area contributed by atoms with E-state index < -0.39 is 19.0 Å². The van der Waals surface area contributed by atoms with Gasteiger partial charge in [-0.25, -0.2) is 0 Å². The molecule has 8 heteroatoms. The fourth-order valence-electron chi connectivity index (χ4n) is 4.76. The van der Waals surface area contributed by atoms with Gasteiger partial charge < -0.3 is 24.7 Å². The van der Waals surface area contributed by atoms with Gasteiger partial charge >= 0.3 is 7.12 Å². The van der Waals surface area contributed by atoms with Gasteiger partial charge in [-0.05, 0) is 42.9 Å². The molecule has 0 aliphatic heterocycles. The van der Waals surface area contributed by atoms with Crippen LogP contribution in [0.1, 0.15) is 47.0 Å². The summed E-state index contributed by atoms with van der Waals surface area (Å²) in [5, 5.41) is 24.3. The van der Waals surface area contributed by atoms with Gasteiger partial charge in [0.1, 0.15) is 5.75 Å². The fourth-order valence-corrected chi connectivity index (χ4v) is 4.76. The molecule has 3 rings (SSSR count). The van der Waals surface area contributed by atoms with Crippen molar-refractivity contribution in [2.24, 2.45) is 17.8 Å². The maximum atomic E-state index is 13.3. The van der Waals surface area contributed by atoms with Crippen molar-refractivity contribution in [1.29, 1.82) is 0 Å². The van der Waals surface area contributed by atoms with Gasteiger partial charge in [-0.3, -0.25) is 9.59 Å². The second-order valence-electron chi connectivity index (χ2n) is 10.2. The van der Waals surface area contributed by atoms with Crippen LogP contribution in [-0.4, -0.2) is 46.5 Å². The van der Waals surface area contributed by atoms with Crippen molar-refractivity contribution >= 4 is 40.6 Å². The molecule has 2 atom stereocenters. The molecule has 3 N–H and O–H groups in total. The van der Waals surface area contributed by atoms with Crippen LogP contribution in [0.15, 0.2) is 42.5 Å². The second-order valence-corrected chi connectivity index (χ2v) is 10.2. The minimum Gasteiger partial charge on any atom is -0.497 e. The number of ether oxygens (including phenoxy) is 1. The van der Waals surface area contributed by atoms with Crippen LogP contribution in [0.25, 0.3) is 21.8 Å². The number of hydrogen-bond acceptors (Lipinski definition) is 5. The minimum atomic E-state index is -1.65. The van der Waals surface area contributed by atoms with Crippen LogP contribution in [0.4, 0.5) is 0 Å². The van der Waals surface area contributed by atoms with E-state index in [0.717, 1.165) is 21.8 Å². The maximum Gasteiger partial charge on any atom is 0.475 e. The molecule has 2 aromatic carbocycles. The second kappa shape index (κ2) is 11.7. The lowest BCUT2D eigenvalue weighted by atomic mass is 9.74. The SMILES string of the molecule is COc1ccc2c3ccccc3n(CC(=O)C[C@@H](CC(C)C)C(=O)N[C@@H](CC(C)C)B(O)O)c2c1. The Morgan fingerprint density at radius 3 is 2.26 bits per heavy atom. The van der Waals surface area contributed by atoms with E-state index in [2.05, 4.69) is 5.32 Å². The zero-order valence-corrected chi connectivity index (χ0v) is 21.3. The van der Waals surface area contributed by atoms with E-state index in [4.69, 9.17) is 4.74 Å². The Morgan fingerprint density at radius 2 is 1.63 bits per heavy atom. The van der Waals surface area contributed by atoms with Crippen LogP contribution in [0.2, 0.25) is 0 Å². The molecule has 1 aromatic heterocycles. The lowest BCUT2D eigenvalue weighted by molar-refractivity contribution is -0.130. The summed E-state index contributed by atoms with van der Waals surface area (Å²) in [6, 6.07) is 13.8. The summed E-state index contributed by atoms with van der Waals surface area (Å²) in [7, 11) is -0.0334. The van der Waals surface area contributed by atoms with E-state index in [0.29, 0.717) is 18.6 Å². The number of fused-ring (bicyclic) bond motifs is 3. The number of para-hydroxylation sites is 1. The number of nitrogens with one attached hydrogen (secondary N) is 1. The van der Waals surface area contributed by atoms with Crippen LogP contribution in [-0.2, 0) is 16.1 Å². The molecule has 3 aromatic rings. The summed E-state index contributed by atoms with van der Waals surface area (Å²) in [5.41, 5.74) is 1.86. The lowest BCUT2D eigenvalue weighted by Crippen LogP contribution is -2.49. The first-order valence-corrected chi connectivity index (χ1v) is 12.3. The largest absolute Gasteiger partial charge is 0.497 e. The predicted octanol–water partition coefficient (Wildman–Crippen LogP) is 3.97. The molecule has 0 spiro atoms. The van der Waals surface area contributed by atoms with Gasteiger partial charge in [0.2, 0.25) is 5.91 Å². The molecule has 0 saturated carbocycles. The van der Waals surface area contributed by atoms with Crippen molar-refractivity contribution in [3.63, 3.8) is 0 Å². The van der Waals surface area contributed by atoms with E-state index in [-0.39, 0.29) is 36.5 Å². The van der Waals surface area contributed by atoms with E-state index in [1.54, 1.807) is 7.11 Å². The van der Waals surface area contributed by atoms with Crippen molar-refractivity contribution in [3.05, 3.63) is 42.5 Å². The van der Waals surface area contributed by atoms with Crippen molar-refractivity contribution in [2.75, 3.05) is 7.11 Å². The van der Waals surface area contributed by atoms with Gasteiger partial charge in [0.05, 0.1) is 25.1 Å². The Balaban J connectivity index is 1.85. The number of carbonyl (C=O) groups is 2. The number of nitrogens with zero attached hydrogens (tertiary/aromatic N) is 1. The summed E-state index contributed by atoms with van der Waals surface area (Å²) >= 11 is 0. The number of carbonyl (C=O) groups excluding carboxylic acids is 2. The van der Waals surface area contributed by atoms with Crippen LogP contribution in [0.5, 0.6) is 5.75 Å². The molecule has 35 heavy (non-hydrogen) atoms.